The Hall–Kier alpha value is -2.14. The molecule has 25 heavy (non-hydrogen) atoms. The van der Waals surface area contributed by atoms with Crippen molar-refractivity contribution in [2.75, 3.05) is 19.6 Å². The van der Waals surface area contributed by atoms with Crippen molar-refractivity contribution < 1.29 is 4.79 Å². The van der Waals surface area contributed by atoms with Gasteiger partial charge in [-0.25, -0.2) is 0 Å². The van der Waals surface area contributed by atoms with Crippen LogP contribution >= 0.6 is 0 Å². The monoisotopic (exact) mass is 342 g/mol. The zero-order valence-corrected chi connectivity index (χ0v) is 15.7. The SMILES string of the molecule is CCN(CC)C(CNC(=O)c1cc(CC(C)C)[nH]n1)c1ccccc1. The molecule has 0 saturated heterocycles. The molecule has 1 aromatic heterocycles. The lowest BCUT2D eigenvalue weighted by molar-refractivity contribution is 0.0930. The summed E-state index contributed by atoms with van der Waals surface area (Å²) in [6.07, 6.45) is 0.895. The number of H-pyrrole nitrogens is 1. The summed E-state index contributed by atoms with van der Waals surface area (Å²) in [6.45, 7) is 11.0. The van der Waals surface area contributed by atoms with E-state index in [1.807, 2.05) is 24.3 Å². The molecular formula is C20H30N4O. The lowest BCUT2D eigenvalue weighted by Crippen LogP contribution is -2.38. The van der Waals surface area contributed by atoms with Crippen molar-refractivity contribution in [1.82, 2.24) is 20.4 Å². The smallest absolute Gasteiger partial charge is 0.271 e. The Morgan fingerprint density at radius 2 is 1.88 bits per heavy atom. The Labute approximate surface area is 150 Å². The summed E-state index contributed by atoms with van der Waals surface area (Å²) >= 11 is 0. The van der Waals surface area contributed by atoms with E-state index in [0.717, 1.165) is 25.2 Å². The van der Waals surface area contributed by atoms with Gasteiger partial charge in [0.15, 0.2) is 0 Å². The van der Waals surface area contributed by atoms with Crippen molar-refractivity contribution >= 4 is 5.91 Å². The standard InChI is InChI=1S/C20H30N4O/c1-5-24(6-2)19(16-10-8-7-9-11-16)14-21-20(25)18-13-17(22-23-18)12-15(3)4/h7-11,13,15,19H,5-6,12,14H2,1-4H3,(H,21,25)(H,22,23). The number of likely N-dealkylation sites (N-methyl/N-ethyl adjacent to an activating group) is 1. The molecule has 1 amide bonds. The quantitative estimate of drug-likeness (QED) is 0.734. The van der Waals surface area contributed by atoms with Crippen molar-refractivity contribution in [2.24, 2.45) is 5.92 Å². The third-order valence-electron chi connectivity index (χ3n) is 4.39. The predicted molar refractivity (Wildman–Crippen MR) is 102 cm³/mol. The van der Waals surface area contributed by atoms with Crippen molar-refractivity contribution in [2.45, 2.75) is 40.2 Å². The Bertz CT molecular complexity index is 647. The number of benzene rings is 1. The van der Waals surface area contributed by atoms with Crippen molar-refractivity contribution in [3.8, 4) is 0 Å². The summed E-state index contributed by atoms with van der Waals surface area (Å²) in [5.74, 6) is 0.404. The van der Waals surface area contributed by atoms with Gasteiger partial charge in [0.2, 0.25) is 0 Å². The third-order valence-corrected chi connectivity index (χ3v) is 4.39. The Balaban J connectivity index is 2.04. The lowest BCUT2D eigenvalue weighted by atomic mass is 10.0. The first-order valence-electron chi connectivity index (χ1n) is 9.16. The van der Waals surface area contributed by atoms with E-state index in [1.54, 1.807) is 0 Å². The maximum absolute atomic E-state index is 12.5. The average Bonchev–Trinajstić information content (AvgIpc) is 3.07. The number of carbonyl (C=O) groups excluding carboxylic acids is 1. The van der Waals surface area contributed by atoms with E-state index < -0.39 is 0 Å². The number of hydrogen-bond donors (Lipinski definition) is 2. The van der Waals surface area contributed by atoms with Crippen LogP contribution in [0.4, 0.5) is 0 Å². The molecular weight excluding hydrogens is 312 g/mol. The van der Waals surface area contributed by atoms with Gasteiger partial charge < -0.3 is 5.32 Å². The fourth-order valence-electron chi connectivity index (χ4n) is 3.10. The molecule has 0 spiro atoms. The maximum Gasteiger partial charge on any atom is 0.271 e. The van der Waals surface area contributed by atoms with Crippen molar-refractivity contribution in [3.05, 3.63) is 53.3 Å². The normalized spacial score (nSPS) is 12.6. The van der Waals surface area contributed by atoms with Crippen LogP contribution < -0.4 is 5.32 Å². The molecule has 0 aliphatic heterocycles. The zero-order valence-electron chi connectivity index (χ0n) is 15.7. The minimum absolute atomic E-state index is 0.126. The highest BCUT2D eigenvalue weighted by Crippen LogP contribution is 2.19. The second kappa shape index (κ2) is 9.37. The molecule has 1 atom stereocenters. The Morgan fingerprint density at radius 1 is 1.20 bits per heavy atom. The average molecular weight is 342 g/mol. The number of hydrogen-bond acceptors (Lipinski definition) is 3. The van der Waals surface area contributed by atoms with E-state index in [1.165, 1.54) is 5.56 Å². The maximum atomic E-state index is 12.5. The zero-order chi connectivity index (χ0) is 18.2. The van der Waals surface area contributed by atoms with Gasteiger partial charge in [-0.1, -0.05) is 58.0 Å². The largest absolute Gasteiger partial charge is 0.349 e. The number of amides is 1. The molecule has 0 radical (unpaired) electrons. The molecule has 1 unspecified atom stereocenters. The number of rotatable bonds is 9. The molecule has 0 bridgehead atoms. The second-order valence-corrected chi connectivity index (χ2v) is 6.73. The number of aromatic amines is 1. The highest BCUT2D eigenvalue weighted by Gasteiger charge is 2.20. The fourth-order valence-corrected chi connectivity index (χ4v) is 3.10. The van der Waals surface area contributed by atoms with Crippen molar-refractivity contribution in [3.63, 3.8) is 0 Å². The van der Waals surface area contributed by atoms with E-state index in [2.05, 4.69) is 60.2 Å². The molecule has 5 heteroatoms. The van der Waals surface area contributed by atoms with E-state index in [0.29, 0.717) is 18.2 Å². The summed E-state index contributed by atoms with van der Waals surface area (Å²) < 4.78 is 0. The van der Waals surface area contributed by atoms with Gasteiger partial charge in [0.25, 0.3) is 5.91 Å². The highest BCUT2D eigenvalue weighted by atomic mass is 16.1. The topological polar surface area (TPSA) is 61.0 Å². The predicted octanol–water partition coefficient (Wildman–Crippen LogP) is 3.42. The minimum atomic E-state index is -0.126. The Kier molecular flexibility index (Phi) is 7.19. The summed E-state index contributed by atoms with van der Waals surface area (Å²) in [4.78, 5) is 14.8. The molecule has 2 N–H and O–H groups in total. The summed E-state index contributed by atoms with van der Waals surface area (Å²) in [5, 5.41) is 10.2. The first-order valence-corrected chi connectivity index (χ1v) is 9.16. The van der Waals surface area contributed by atoms with Crippen LogP contribution in [-0.4, -0.2) is 40.6 Å². The molecule has 2 rings (SSSR count). The van der Waals surface area contributed by atoms with Gasteiger partial charge in [-0.3, -0.25) is 14.8 Å². The first-order chi connectivity index (χ1) is 12.0. The van der Waals surface area contributed by atoms with E-state index in [-0.39, 0.29) is 11.9 Å². The summed E-state index contributed by atoms with van der Waals surface area (Å²) in [6, 6.07) is 12.3. The van der Waals surface area contributed by atoms with E-state index >= 15 is 0 Å². The molecule has 5 nitrogen and oxygen atoms in total. The second-order valence-electron chi connectivity index (χ2n) is 6.73. The van der Waals surface area contributed by atoms with Crippen LogP contribution in [0.1, 0.15) is 55.5 Å². The number of nitrogens with zero attached hydrogens (tertiary/aromatic N) is 2. The first kappa shape index (κ1) is 19.2. The molecule has 0 aliphatic carbocycles. The van der Waals surface area contributed by atoms with Gasteiger partial charge in [-0.05, 0) is 37.1 Å². The molecule has 0 aliphatic rings. The minimum Gasteiger partial charge on any atom is -0.349 e. The molecule has 0 saturated carbocycles. The molecule has 1 aromatic carbocycles. The van der Waals surface area contributed by atoms with Crippen LogP contribution in [-0.2, 0) is 6.42 Å². The molecule has 1 heterocycles. The summed E-state index contributed by atoms with van der Waals surface area (Å²) in [7, 11) is 0. The third kappa shape index (κ3) is 5.43. The number of nitrogens with one attached hydrogen (secondary N) is 2. The Morgan fingerprint density at radius 3 is 2.48 bits per heavy atom. The van der Waals surface area contributed by atoms with Gasteiger partial charge in [0.1, 0.15) is 5.69 Å². The van der Waals surface area contributed by atoms with E-state index in [4.69, 9.17) is 0 Å². The van der Waals surface area contributed by atoms with Crippen LogP contribution in [0.2, 0.25) is 0 Å². The molecule has 136 valence electrons. The summed E-state index contributed by atoms with van der Waals surface area (Å²) in [5.41, 5.74) is 2.68. The molecule has 2 aromatic rings. The fraction of sp³-hybridized carbons (Fsp3) is 0.500. The number of aromatic nitrogens is 2. The van der Waals surface area contributed by atoms with Gasteiger partial charge in [-0.2, -0.15) is 5.10 Å². The van der Waals surface area contributed by atoms with Crippen molar-refractivity contribution in [1.29, 1.82) is 0 Å². The van der Waals surface area contributed by atoms with Gasteiger partial charge in [0.05, 0.1) is 6.04 Å². The number of carbonyl (C=O) groups is 1. The van der Waals surface area contributed by atoms with Crippen LogP contribution in [0.15, 0.2) is 36.4 Å². The van der Waals surface area contributed by atoms with Gasteiger partial charge in [-0.15, -0.1) is 0 Å². The molecule has 0 fully saturated rings. The lowest BCUT2D eigenvalue weighted by Gasteiger charge is -2.30. The van der Waals surface area contributed by atoms with Crippen LogP contribution in [0, 0.1) is 5.92 Å². The van der Waals surface area contributed by atoms with Gasteiger partial charge in [0, 0.05) is 12.2 Å². The van der Waals surface area contributed by atoms with Gasteiger partial charge >= 0.3 is 0 Å². The highest BCUT2D eigenvalue weighted by molar-refractivity contribution is 5.92. The van der Waals surface area contributed by atoms with Crippen LogP contribution in [0.5, 0.6) is 0 Å². The van der Waals surface area contributed by atoms with E-state index in [9.17, 15) is 4.79 Å². The van der Waals surface area contributed by atoms with Crippen LogP contribution in [0.25, 0.3) is 0 Å². The van der Waals surface area contributed by atoms with Crippen LogP contribution in [0.3, 0.4) is 0 Å².